The maximum absolute atomic E-state index is 13.0. The number of anilines is 1. The van der Waals surface area contributed by atoms with E-state index in [2.05, 4.69) is 10.5 Å². The van der Waals surface area contributed by atoms with Crippen LogP contribution >= 0.6 is 0 Å². The van der Waals surface area contributed by atoms with Crippen molar-refractivity contribution in [3.05, 3.63) is 89.8 Å². The lowest BCUT2D eigenvalue weighted by atomic mass is 10.0. The molecule has 5 nitrogen and oxygen atoms in total. The van der Waals surface area contributed by atoms with Gasteiger partial charge in [0.05, 0.1) is 5.39 Å². The van der Waals surface area contributed by atoms with Crippen LogP contribution in [0.25, 0.3) is 28.3 Å². The Hall–Kier alpha value is -4.24. The fraction of sp³-hybridized carbons (Fsp3) is 0. The fourth-order valence-electron chi connectivity index (χ4n) is 2.89. The molecule has 1 aromatic heterocycles. The van der Waals surface area contributed by atoms with Gasteiger partial charge in [0, 0.05) is 11.3 Å². The summed E-state index contributed by atoms with van der Waals surface area (Å²) >= 11 is 0. The quantitative estimate of drug-likeness (QED) is 0.389. The van der Waals surface area contributed by atoms with Crippen LogP contribution in [0.15, 0.2) is 82.9 Å². The van der Waals surface area contributed by atoms with Crippen molar-refractivity contribution in [2.75, 3.05) is 5.32 Å². The topological polar surface area (TPSA) is 78.9 Å². The van der Waals surface area contributed by atoms with Crippen molar-refractivity contribution in [2.45, 2.75) is 0 Å². The largest absolute Gasteiger partial charge is 0.355 e. The van der Waals surface area contributed by atoms with E-state index in [1.807, 2.05) is 42.5 Å². The molecule has 6 heteroatoms. The number of fused-ring (bicyclic) bond motifs is 1. The van der Waals surface area contributed by atoms with Crippen molar-refractivity contribution >= 4 is 28.6 Å². The van der Waals surface area contributed by atoms with Gasteiger partial charge >= 0.3 is 0 Å². The van der Waals surface area contributed by atoms with Crippen molar-refractivity contribution in [1.82, 2.24) is 5.16 Å². The number of aromatic nitrogens is 1. The molecule has 1 amide bonds. The van der Waals surface area contributed by atoms with Gasteiger partial charge in [0.2, 0.25) is 0 Å². The molecule has 0 radical (unpaired) electrons. The highest BCUT2D eigenvalue weighted by Gasteiger charge is 2.13. The van der Waals surface area contributed by atoms with Crippen LogP contribution in [0.4, 0.5) is 10.1 Å². The first-order chi connectivity index (χ1) is 14.1. The summed E-state index contributed by atoms with van der Waals surface area (Å²) in [5.74, 6) is -0.367. The number of nitriles is 1. The van der Waals surface area contributed by atoms with E-state index in [-0.39, 0.29) is 5.57 Å². The summed E-state index contributed by atoms with van der Waals surface area (Å²) in [6.07, 6.45) is 1.49. The van der Waals surface area contributed by atoms with Crippen LogP contribution in [0, 0.1) is 17.1 Å². The zero-order valence-electron chi connectivity index (χ0n) is 15.1. The van der Waals surface area contributed by atoms with E-state index in [0.29, 0.717) is 22.5 Å². The van der Waals surface area contributed by atoms with Crippen LogP contribution in [0.5, 0.6) is 0 Å². The van der Waals surface area contributed by atoms with E-state index in [1.54, 1.807) is 12.1 Å². The summed E-state index contributed by atoms with van der Waals surface area (Å²) in [6.45, 7) is 0. The molecule has 0 saturated carbocycles. The minimum atomic E-state index is -0.576. The van der Waals surface area contributed by atoms with Crippen LogP contribution in [0.3, 0.4) is 0 Å². The number of nitrogens with one attached hydrogen (secondary N) is 1. The molecule has 0 aliphatic carbocycles. The van der Waals surface area contributed by atoms with Gasteiger partial charge in [0.1, 0.15) is 23.0 Å². The lowest BCUT2D eigenvalue weighted by molar-refractivity contribution is -0.112. The Morgan fingerprint density at radius 3 is 2.55 bits per heavy atom. The van der Waals surface area contributed by atoms with E-state index >= 15 is 0 Å². The van der Waals surface area contributed by atoms with Gasteiger partial charge in [-0.15, -0.1) is 0 Å². The highest BCUT2D eigenvalue weighted by atomic mass is 19.1. The Balaban J connectivity index is 1.66. The second-order valence-corrected chi connectivity index (χ2v) is 6.29. The average molecular weight is 383 g/mol. The first-order valence-electron chi connectivity index (χ1n) is 8.77. The summed E-state index contributed by atoms with van der Waals surface area (Å²) in [6, 6.07) is 22.1. The van der Waals surface area contributed by atoms with Crippen molar-refractivity contribution in [1.29, 1.82) is 5.26 Å². The van der Waals surface area contributed by atoms with E-state index in [9.17, 15) is 14.4 Å². The van der Waals surface area contributed by atoms with Gasteiger partial charge in [-0.25, -0.2) is 4.39 Å². The Morgan fingerprint density at radius 1 is 1.07 bits per heavy atom. The third-order valence-corrected chi connectivity index (χ3v) is 4.31. The van der Waals surface area contributed by atoms with Gasteiger partial charge < -0.3 is 9.84 Å². The smallest absolute Gasteiger partial charge is 0.266 e. The molecule has 0 aliphatic heterocycles. The first kappa shape index (κ1) is 18.1. The molecule has 0 unspecified atom stereocenters. The normalized spacial score (nSPS) is 11.2. The number of rotatable bonds is 4. The zero-order valence-corrected chi connectivity index (χ0v) is 15.1. The molecule has 0 fully saturated rings. The second kappa shape index (κ2) is 7.79. The van der Waals surface area contributed by atoms with E-state index in [1.165, 1.54) is 30.3 Å². The number of nitrogens with zero attached hydrogens (tertiary/aromatic N) is 2. The van der Waals surface area contributed by atoms with E-state index in [4.69, 9.17) is 4.52 Å². The number of carbonyl (C=O) groups excluding carboxylic acids is 1. The molecular formula is C23H14FN3O2. The average Bonchev–Trinajstić information content (AvgIpc) is 3.17. The maximum atomic E-state index is 13.0. The zero-order chi connectivity index (χ0) is 20.2. The Labute approximate surface area is 165 Å². The Kier molecular flexibility index (Phi) is 4.87. The summed E-state index contributed by atoms with van der Waals surface area (Å²) in [5.41, 5.74) is 2.54. The number of amides is 1. The minimum Gasteiger partial charge on any atom is -0.355 e. The molecule has 1 heterocycles. The summed E-state index contributed by atoms with van der Waals surface area (Å²) in [7, 11) is 0. The standard InChI is InChI=1S/C23H14FN3O2/c24-18-7-9-19(10-8-18)26-23(28)17(14-25)12-15-6-11-21-20(13-15)22(29-27-21)16-4-2-1-3-5-16/h1-13H,(H,26,28). The van der Waals surface area contributed by atoms with Gasteiger partial charge in [-0.1, -0.05) is 41.6 Å². The number of halogens is 1. The van der Waals surface area contributed by atoms with Crippen LogP contribution < -0.4 is 5.32 Å². The molecule has 29 heavy (non-hydrogen) atoms. The Morgan fingerprint density at radius 2 is 1.83 bits per heavy atom. The van der Waals surface area contributed by atoms with Crippen LogP contribution in [0.2, 0.25) is 0 Å². The van der Waals surface area contributed by atoms with E-state index < -0.39 is 11.7 Å². The lowest BCUT2D eigenvalue weighted by Crippen LogP contribution is -2.13. The molecule has 0 atom stereocenters. The molecule has 4 aromatic rings. The van der Waals surface area contributed by atoms with Crippen molar-refractivity contribution in [3.8, 4) is 17.4 Å². The lowest BCUT2D eigenvalue weighted by Gasteiger charge is -2.04. The molecule has 0 bridgehead atoms. The van der Waals surface area contributed by atoms with E-state index in [0.717, 1.165) is 10.9 Å². The SMILES string of the molecule is N#CC(=Cc1ccc2noc(-c3ccccc3)c2c1)C(=O)Nc1ccc(F)cc1. The third-order valence-electron chi connectivity index (χ3n) is 4.31. The molecular weight excluding hydrogens is 369 g/mol. The van der Waals surface area contributed by atoms with Gasteiger partial charge in [0.25, 0.3) is 5.91 Å². The van der Waals surface area contributed by atoms with Gasteiger partial charge in [-0.3, -0.25) is 4.79 Å². The number of hydrogen-bond donors (Lipinski definition) is 1. The molecule has 0 spiro atoms. The maximum Gasteiger partial charge on any atom is 0.266 e. The number of hydrogen-bond acceptors (Lipinski definition) is 4. The highest BCUT2D eigenvalue weighted by Crippen LogP contribution is 2.29. The molecule has 0 saturated heterocycles. The summed E-state index contributed by atoms with van der Waals surface area (Å²) in [5, 5.41) is 16.8. The molecule has 1 N–H and O–H groups in total. The predicted octanol–water partition coefficient (Wildman–Crippen LogP) is 5.18. The van der Waals surface area contributed by atoms with Crippen molar-refractivity contribution in [3.63, 3.8) is 0 Å². The third kappa shape index (κ3) is 3.89. The van der Waals surface area contributed by atoms with Crippen LogP contribution in [-0.2, 0) is 4.79 Å². The molecule has 140 valence electrons. The minimum absolute atomic E-state index is 0.0774. The highest BCUT2D eigenvalue weighted by molar-refractivity contribution is 6.10. The van der Waals surface area contributed by atoms with Gasteiger partial charge in [-0.05, 0) is 48.0 Å². The van der Waals surface area contributed by atoms with Crippen LogP contribution in [0.1, 0.15) is 5.56 Å². The molecule has 3 aromatic carbocycles. The molecule has 4 rings (SSSR count). The van der Waals surface area contributed by atoms with Gasteiger partial charge in [0.15, 0.2) is 5.76 Å². The summed E-state index contributed by atoms with van der Waals surface area (Å²) in [4.78, 5) is 12.4. The Bertz CT molecular complexity index is 1250. The van der Waals surface area contributed by atoms with Crippen molar-refractivity contribution in [2.24, 2.45) is 0 Å². The fourth-order valence-corrected chi connectivity index (χ4v) is 2.89. The predicted molar refractivity (Wildman–Crippen MR) is 108 cm³/mol. The van der Waals surface area contributed by atoms with Crippen LogP contribution in [-0.4, -0.2) is 11.1 Å². The summed E-state index contributed by atoms with van der Waals surface area (Å²) < 4.78 is 18.5. The van der Waals surface area contributed by atoms with Crippen molar-refractivity contribution < 1.29 is 13.7 Å². The second-order valence-electron chi connectivity index (χ2n) is 6.29. The monoisotopic (exact) mass is 383 g/mol. The van der Waals surface area contributed by atoms with Gasteiger partial charge in [-0.2, -0.15) is 5.26 Å². The number of carbonyl (C=O) groups is 1. The molecule has 0 aliphatic rings. The number of benzene rings is 3. The first-order valence-corrected chi connectivity index (χ1v) is 8.77.